The molecule has 1 atom stereocenters. The number of nitrogens with zero attached hydrogens (tertiary/aromatic N) is 1. The summed E-state index contributed by atoms with van der Waals surface area (Å²) in [6.07, 6.45) is 0.863. The monoisotopic (exact) mass is 267 g/mol. The van der Waals surface area contributed by atoms with E-state index in [9.17, 15) is 14.4 Å². The van der Waals surface area contributed by atoms with Gasteiger partial charge in [-0.2, -0.15) is 0 Å². The van der Waals surface area contributed by atoms with Crippen molar-refractivity contribution >= 4 is 34.1 Å². The summed E-state index contributed by atoms with van der Waals surface area (Å²) in [5, 5.41) is 5.59. The summed E-state index contributed by atoms with van der Waals surface area (Å²) in [5.74, 6) is -0.473. The fourth-order valence-electron chi connectivity index (χ4n) is 1.78. The Morgan fingerprint density at radius 3 is 2.72 bits per heavy atom. The van der Waals surface area contributed by atoms with Crippen LogP contribution in [0, 0.1) is 6.92 Å². The SMILES string of the molecule is CC(=O)c1sc(NC(=O)C2CCC(=O)N2)nc1C. The highest BCUT2D eigenvalue weighted by Gasteiger charge is 2.27. The molecule has 1 aromatic heterocycles. The van der Waals surface area contributed by atoms with Crippen LogP contribution in [-0.4, -0.2) is 28.6 Å². The van der Waals surface area contributed by atoms with Gasteiger partial charge in [0, 0.05) is 13.3 Å². The van der Waals surface area contributed by atoms with E-state index in [2.05, 4.69) is 15.6 Å². The third-order valence-electron chi connectivity index (χ3n) is 2.66. The molecule has 0 aromatic carbocycles. The molecule has 1 fully saturated rings. The molecule has 0 radical (unpaired) electrons. The van der Waals surface area contributed by atoms with Crippen LogP contribution in [-0.2, 0) is 9.59 Å². The summed E-state index contributed by atoms with van der Waals surface area (Å²) in [6.45, 7) is 3.18. The standard InChI is InChI=1S/C11H13N3O3S/c1-5-9(6(2)15)18-11(12-5)14-10(17)7-3-4-8(16)13-7/h7H,3-4H2,1-2H3,(H,13,16)(H,12,14,17). The average Bonchev–Trinajstić information content (AvgIpc) is 2.85. The highest BCUT2D eigenvalue weighted by Crippen LogP contribution is 2.23. The zero-order valence-electron chi connectivity index (χ0n) is 10.1. The Morgan fingerprint density at radius 1 is 1.50 bits per heavy atom. The Balaban J connectivity index is 2.05. The van der Waals surface area contributed by atoms with Crippen LogP contribution in [0.3, 0.4) is 0 Å². The van der Waals surface area contributed by atoms with Crippen LogP contribution in [0.25, 0.3) is 0 Å². The molecular formula is C11H13N3O3S. The van der Waals surface area contributed by atoms with Crippen LogP contribution in [0.5, 0.6) is 0 Å². The number of rotatable bonds is 3. The molecule has 2 rings (SSSR count). The molecular weight excluding hydrogens is 254 g/mol. The molecule has 1 aliphatic rings. The molecule has 2 heterocycles. The van der Waals surface area contributed by atoms with Gasteiger partial charge in [0.2, 0.25) is 11.8 Å². The van der Waals surface area contributed by atoms with Crippen LogP contribution >= 0.6 is 11.3 Å². The third kappa shape index (κ3) is 2.56. The molecule has 1 saturated heterocycles. The van der Waals surface area contributed by atoms with Crippen molar-refractivity contribution in [2.45, 2.75) is 32.7 Å². The predicted molar refractivity (Wildman–Crippen MR) is 66.6 cm³/mol. The number of aromatic nitrogens is 1. The quantitative estimate of drug-likeness (QED) is 0.795. The zero-order valence-corrected chi connectivity index (χ0v) is 10.9. The maximum Gasteiger partial charge on any atom is 0.248 e. The Kier molecular flexibility index (Phi) is 3.42. The summed E-state index contributed by atoms with van der Waals surface area (Å²) in [6, 6.07) is -0.498. The maximum atomic E-state index is 11.8. The van der Waals surface area contributed by atoms with E-state index in [-0.39, 0.29) is 17.6 Å². The van der Waals surface area contributed by atoms with Gasteiger partial charge in [0.05, 0.1) is 10.6 Å². The Bertz CT molecular complexity index is 524. The zero-order chi connectivity index (χ0) is 13.3. The number of hydrogen-bond donors (Lipinski definition) is 2. The van der Waals surface area contributed by atoms with E-state index < -0.39 is 6.04 Å². The molecule has 1 unspecified atom stereocenters. The fourth-order valence-corrected chi connectivity index (χ4v) is 2.64. The molecule has 0 aliphatic carbocycles. The van der Waals surface area contributed by atoms with E-state index in [1.54, 1.807) is 6.92 Å². The van der Waals surface area contributed by atoms with E-state index in [1.807, 2.05) is 0 Å². The minimum absolute atomic E-state index is 0.0698. The van der Waals surface area contributed by atoms with E-state index in [0.717, 1.165) is 11.3 Å². The van der Waals surface area contributed by atoms with Crippen molar-refractivity contribution in [3.05, 3.63) is 10.6 Å². The maximum absolute atomic E-state index is 11.8. The van der Waals surface area contributed by atoms with Crippen molar-refractivity contribution in [2.24, 2.45) is 0 Å². The minimum Gasteiger partial charge on any atom is -0.344 e. The summed E-state index contributed by atoms with van der Waals surface area (Å²) in [7, 11) is 0. The highest BCUT2D eigenvalue weighted by molar-refractivity contribution is 7.17. The molecule has 0 saturated carbocycles. The molecule has 7 heteroatoms. The number of ketones is 1. The van der Waals surface area contributed by atoms with Gasteiger partial charge < -0.3 is 10.6 Å². The van der Waals surface area contributed by atoms with Gasteiger partial charge in [0.15, 0.2) is 10.9 Å². The van der Waals surface area contributed by atoms with E-state index in [0.29, 0.717) is 28.5 Å². The van der Waals surface area contributed by atoms with Gasteiger partial charge in [-0.05, 0) is 13.3 Å². The van der Waals surface area contributed by atoms with Crippen molar-refractivity contribution in [2.75, 3.05) is 5.32 Å². The topological polar surface area (TPSA) is 88.2 Å². The van der Waals surface area contributed by atoms with Crippen LogP contribution < -0.4 is 10.6 Å². The second kappa shape index (κ2) is 4.85. The lowest BCUT2D eigenvalue weighted by molar-refractivity contribution is -0.122. The summed E-state index contributed by atoms with van der Waals surface area (Å²) >= 11 is 1.15. The van der Waals surface area contributed by atoms with Gasteiger partial charge >= 0.3 is 0 Å². The molecule has 1 aliphatic heterocycles. The van der Waals surface area contributed by atoms with Gasteiger partial charge in [-0.3, -0.25) is 14.4 Å². The first-order valence-electron chi connectivity index (χ1n) is 5.56. The number of aryl methyl sites for hydroxylation is 1. The largest absolute Gasteiger partial charge is 0.344 e. The van der Waals surface area contributed by atoms with Crippen LogP contribution in [0.1, 0.15) is 35.1 Å². The van der Waals surface area contributed by atoms with Gasteiger partial charge in [0.1, 0.15) is 6.04 Å². The number of anilines is 1. The second-order valence-electron chi connectivity index (χ2n) is 4.14. The van der Waals surface area contributed by atoms with Gasteiger partial charge in [-0.15, -0.1) is 0 Å². The number of nitrogens with one attached hydrogen (secondary N) is 2. The van der Waals surface area contributed by atoms with Crippen LogP contribution in [0.2, 0.25) is 0 Å². The average molecular weight is 267 g/mol. The van der Waals surface area contributed by atoms with Crippen molar-refractivity contribution in [1.29, 1.82) is 0 Å². The van der Waals surface area contributed by atoms with Crippen molar-refractivity contribution in [3.8, 4) is 0 Å². The number of Topliss-reactive ketones (excluding diaryl/α,β-unsaturated/α-hetero) is 1. The first-order chi connectivity index (χ1) is 8.47. The molecule has 0 bridgehead atoms. The number of hydrogen-bond acceptors (Lipinski definition) is 5. The first-order valence-corrected chi connectivity index (χ1v) is 6.37. The molecule has 18 heavy (non-hydrogen) atoms. The van der Waals surface area contributed by atoms with Crippen molar-refractivity contribution < 1.29 is 14.4 Å². The van der Waals surface area contributed by atoms with Gasteiger partial charge in [-0.25, -0.2) is 4.98 Å². The lowest BCUT2D eigenvalue weighted by Gasteiger charge is -2.08. The normalized spacial score (nSPS) is 18.6. The predicted octanol–water partition coefficient (Wildman–Crippen LogP) is 0.871. The summed E-state index contributed by atoms with van der Waals surface area (Å²) in [5.41, 5.74) is 0.609. The minimum atomic E-state index is -0.498. The Morgan fingerprint density at radius 2 is 2.22 bits per heavy atom. The Hall–Kier alpha value is -1.76. The number of amides is 2. The number of carbonyl (C=O) groups is 3. The van der Waals surface area contributed by atoms with Crippen molar-refractivity contribution in [3.63, 3.8) is 0 Å². The van der Waals surface area contributed by atoms with Gasteiger partial charge in [0.25, 0.3) is 0 Å². The smallest absolute Gasteiger partial charge is 0.248 e. The van der Waals surface area contributed by atoms with Gasteiger partial charge in [-0.1, -0.05) is 11.3 Å². The first kappa shape index (κ1) is 12.7. The highest BCUT2D eigenvalue weighted by atomic mass is 32.1. The van der Waals surface area contributed by atoms with Crippen molar-refractivity contribution in [1.82, 2.24) is 10.3 Å². The molecule has 0 spiro atoms. The fraction of sp³-hybridized carbons (Fsp3) is 0.455. The molecule has 2 N–H and O–H groups in total. The Labute approximate surface area is 108 Å². The van der Waals surface area contributed by atoms with Crippen LogP contribution in [0.15, 0.2) is 0 Å². The summed E-state index contributed by atoms with van der Waals surface area (Å²) < 4.78 is 0. The van der Waals surface area contributed by atoms with Crippen LogP contribution in [0.4, 0.5) is 5.13 Å². The molecule has 96 valence electrons. The summed E-state index contributed by atoms with van der Waals surface area (Å²) in [4.78, 5) is 38.7. The van der Waals surface area contributed by atoms with E-state index in [1.165, 1.54) is 6.92 Å². The number of thiazole rings is 1. The van der Waals surface area contributed by atoms with E-state index in [4.69, 9.17) is 0 Å². The number of carbonyl (C=O) groups excluding carboxylic acids is 3. The third-order valence-corrected chi connectivity index (χ3v) is 3.83. The molecule has 6 nitrogen and oxygen atoms in total. The second-order valence-corrected chi connectivity index (χ2v) is 5.14. The molecule has 2 amide bonds. The lowest BCUT2D eigenvalue weighted by atomic mass is 10.2. The lowest BCUT2D eigenvalue weighted by Crippen LogP contribution is -2.37. The molecule has 1 aromatic rings. The van der Waals surface area contributed by atoms with E-state index >= 15 is 0 Å².